The lowest BCUT2D eigenvalue weighted by Crippen LogP contribution is -2.57. The molecule has 2 fully saturated rings. The van der Waals surface area contributed by atoms with E-state index in [1.165, 1.54) is 4.68 Å². The lowest BCUT2D eigenvalue weighted by atomic mass is 9.82. The largest absolute Gasteiger partial charge is 0.378 e. The molecule has 1 aromatic carbocycles. The van der Waals surface area contributed by atoms with Gasteiger partial charge in [-0.1, -0.05) is 18.2 Å². The lowest BCUT2D eigenvalue weighted by molar-refractivity contribution is -0.188. The number of hydrogen-bond donors (Lipinski definition) is 0. The molecule has 0 bridgehead atoms. The number of ether oxygens (including phenoxy) is 2. The van der Waals surface area contributed by atoms with Crippen LogP contribution in [-0.2, 0) is 20.8 Å². The standard InChI is InChI=1S/C20H25N3O4/c1-26-17-7-4-12-27-20(17)8-10-22(11-9-20)18(24)14-23-19(25)16-6-3-2-5-15(16)13-21-23/h2-3,5-6,13,17H,4,7-12,14H2,1H3. The van der Waals surface area contributed by atoms with Gasteiger partial charge in [-0.15, -0.1) is 0 Å². The van der Waals surface area contributed by atoms with Crippen LogP contribution in [-0.4, -0.2) is 59.1 Å². The van der Waals surface area contributed by atoms with Crippen molar-refractivity contribution in [1.82, 2.24) is 14.7 Å². The van der Waals surface area contributed by atoms with Gasteiger partial charge >= 0.3 is 0 Å². The van der Waals surface area contributed by atoms with Crippen LogP contribution in [0.4, 0.5) is 0 Å². The molecule has 1 amide bonds. The van der Waals surface area contributed by atoms with Gasteiger partial charge in [0.05, 0.1) is 23.3 Å². The van der Waals surface area contributed by atoms with Gasteiger partial charge in [0.1, 0.15) is 6.54 Å². The van der Waals surface area contributed by atoms with Crippen molar-refractivity contribution in [3.05, 3.63) is 40.8 Å². The van der Waals surface area contributed by atoms with Gasteiger partial charge < -0.3 is 14.4 Å². The summed E-state index contributed by atoms with van der Waals surface area (Å²) in [6.45, 7) is 1.94. The van der Waals surface area contributed by atoms with Crippen LogP contribution < -0.4 is 5.56 Å². The maximum absolute atomic E-state index is 12.7. The third-order valence-electron chi connectivity index (χ3n) is 5.88. The van der Waals surface area contributed by atoms with Crippen LogP contribution in [0.5, 0.6) is 0 Å². The number of hydrogen-bond acceptors (Lipinski definition) is 5. The van der Waals surface area contributed by atoms with Crippen molar-refractivity contribution in [3.8, 4) is 0 Å². The van der Waals surface area contributed by atoms with Gasteiger partial charge in [-0.05, 0) is 31.7 Å². The summed E-state index contributed by atoms with van der Waals surface area (Å²) in [5, 5.41) is 5.53. The summed E-state index contributed by atoms with van der Waals surface area (Å²) in [4.78, 5) is 27.1. The molecule has 27 heavy (non-hydrogen) atoms. The first kappa shape index (κ1) is 18.1. The van der Waals surface area contributed by atoms with Crippen molar-refractivity contribution < 1.29 is 14.3 Å². The average Bonchev–Trinajstić information content (AvgIpc) is 2.71. The monoisotopic (exact) mass is 371 g/mol. The van der Waals surface area contributed by atoms with Gasteiger partial charge in [0, 0.05) is 32.2 Å². The minimum absolute atomic E-state index is 0.0365. The van der Waals surface area contributed by atoms with E-state index in [9.17, 15) is 9.59 Å². The third-order valence-corrected chi connectivity index (χ3v) is 5.88. The van der Waals surface area contributed by atoms with E-state index >= 15 is 0 Å². The normalized spacial score (nSPS) is 22.3. The molecule has 2 aliphatic heterocycles. The molecular formula is C20H25N3O4. The molecule has 0 saturated carbocycles. The minimum Gasteiger partial charge on any atom is -0.378 e. The van der Waals surface area contributed by atoms with Gasteiger partial charge in [-0.3, -0.25) is 9.59 Å². The predicted octanol–water partition coefficient (Wildman–Crippen LogP) is 1.58. The molecule has 1 aromatic heterocycles. The molecule has 0 aliphatic carbocycles. The first-order chi connectivity index (χ1) is 13.1. The maximum Gasteiger partial charge on any atom is 0.275 e. The van der Waals surface area contributed by atoms with E-state index in [0.29, 0.717) is 18.5 Å². The highest BCUT2D eigenvalue weighted by Gasteiger charge is 2.45. The van der Waals surface area contributed by atoms with Gasteiger partial charge in [-0.25, -0.2) is 4.68 Å². The Hall–Kier alpha value is -2.25. The SMILES string of the molecule is COC1CCCOC12CCN(C(=O)Cn1ncc3ccccc3c1=O)CC2. The number of carbonyl (C=O) groups excluding carboxylic acids is 1. The van der Waals surface area contributed by atoms with Crippen molar-refractivity contribution >= 4 is 16.7 Å². The van der Waals surface area contributed by atoms with Crippen molar-refractivity contribution in [1.29, 1.82) is 0 Å². The smallest absolute Gasteiger partial charge is 0.275 e. The van der Waals surface area contributed by atoms with Crippen molar-refractivity contribution in [2.24, 2.45) is 0 Å². The number of methoxy groups -OCH3 is 1. The van der Waals surface area contributed by atoms with Crippen LogP contribution in [0.25, 0.3) is 10.8 Å². The summed E-state index contributed by atoms with van der Waals surface area (Å²) in [7, 11) is 1.73. The number of carbonyl (C=O) groups is 1. The summed E-state index contributed by atoms with van der Waals surface area (Å²) < 4.78 is 13.0. The molecule has 7 nitrogen and oxygen atoms in total. The summed E-state index contributed by atoms with van der Waals surface area (Å²) in [6, 6.07) is 7.28. The Morgan fingerprint density at radius 2 is 2.11 bits per heavy atom. The Morgan fingerprint density at radius 3 is 2.89 bits per heavy atom. The second-order valence-electron chi connectivity index (χ2n) is 7.36. The Labute approximate surface area is 157 Å². The van der Waals surface area contributed by atoms with Crippen LogP contribution in [0.2, 0.25) is 0 Å². The number of aromatic nitrogens is 2. The van der Waals surface area contributed by atoms with Gasteiger partial charge in [0.15, 0.2) is 0 Å². The first-order valence-corrected chi connectivity index (χ1v) is 9.52. The van der Waals surface area contributed by atoms with E-state index in [1.807, 2.05) is 18.2 Å². The summed E-state index contributed by atoms with van der Waals surface area (Å²) >= 11 is 0. The number of fused-ring (bicyclic) bond motifs is 1. The van der Waals surface area contributed by atoms with Gasteiger partial charge in [-0.2, -0.15) is 5.10 Å². The first-order valence-electron chi connectivity index (χ1n) is 9.52. The molecule has 3 heterocycles. The third kappa shape index (κ3) is 3.37. The van der Waals surface area contributed by atoms with Crippen molar-refractivity contribution in [2.75, 3.05) is 26.8 Å². The zero-order chi connectivity index (χ0) is 18.9. The van der Waals surface area contributed by atoms with E-state index in [2.05, 4.69) is 5.10 Å². The van der Waals surface area contributed by atoms with Crippen molar-refractivity contribution in [2.45, 2.75) is 43.9 Å². The second kappa shape index (κ2) is 7.40. The molecule has 2 aromatic rings. The van der Waals surface area contributed by atoms with Gasteiger partial charge in [0.2, 0.25) is 5.91 Å². The molecule has 2 aliphatic rings. The van der Waals surface area contributed by atoms with Crippen LogP contribution in [0, 0.1) is 0 Å². The maximum atomic E-state index is 12.7. The number of benzene rings is 1. The zero-order valence-corrected chi connectivity index (χ0v) is 15.6. The average molecular weight is 371 g/mol. The fourth-order valence-corrected chi connectivity index (χ4v) is 4.30. The molecule has 1 atom stereocenters. The number of amides is 1. The minimum atomic E-state index is -0.276. The Bertz CT molecular complexity index is 886. The molecule has 144 valence electrons. The quantitative estimate of drug-likeness (QED) is 0.819. The van der Waals surface area contributed by atoms with E-state index < -0.39 is 0 Å². The summed E-state index contributed by atoms with van der Waals surface area (Å²) in [5.74, 6) is -0.0838. The number of rotatable bonds is 3. The lowest BCUT2D eigenvalue weighted by Gasteiger charge is -2.48. The van der Waals surface area contributed by atoms with Crippen LogP contribution >= 0.6 is 0 Å². The molecule has 2 saturated heterocycles. The molecule has 0 radical (unpaired) electrons. The van der Waals surface area contributed by atoms with E-state index in [1.54, 1.807) is 24.3 Å². The number of likely N-dealkylation sites (tertiary alicyclic amines) is 1. The fourth-order valence-electron chi connectivity index (χ4n) is 4.30. The molecule has 1 spiro atoms. The molecule has 7 heteroatoms. The molecule has 1 unspecified atom stereocenters. The number of piperidine rings is 1. The van der Waals surface area contributed by atoms with Crippen LogP contribution in [0.15, 0.2) is 35.3 Å². The molecule has 4 rings (SSSR count). The Balaban J connectivity index is 1.44. The topological polar surface area (TPSA) is 73.7 Å². The molecule has 0 N–H and O–H groups in total. The summed E-state index contributed by atoms with van der Waals surface area (Å²) in [5.41, 5.74) is -0.507. The second-order valence-corrected chi connectivity index (χ2v) is 7.36. The highest BCUT2D eigenvalue weighted by molar-refractivity contribution is 5.81. The van der Waals surface area contributed by atoms with E-state index in [0.717, 1.165) is 37.7 Å². The van der Waals surface area contributed by atoms with E-state index in [4.69, 9.17) is 9.47 Å². The van der Waals surface area contributed by atoms with Crippen LogP contribution in [0.1, 0.15) is 25.7 Å². The van der Waals surface area contributed by atoms with Crippen molar-refractivity contribution in [3.63, 3.8) is 0 Å². The highest BCUT2D eigenvalue weighted by Crippen LogP contribution is 2.36. The zero-order valence-electron chi connectivity index (χ0n) is 15.6. The Kier molecular flexibility index (Phi) is 4.97. The highest BCUT2D eigenvalue weighted by atomic mass is 16.5. The predicted molar refractivity (Wildman–Crippen MR) is 101 cm³/mol. The number of nitrogens with zero attached hydrogens (tertiary/aromatic N) is 3. The van der Waals surface area contributed by atoms with Crippen LogP contribution in [0.3, 0.4) is 0 Å². The molecular weight excluding hydrogens is 346 g/mol. The summed E-state index contributed by atoms with van der Waals surface area (Å²) in [6.07, 6.45) is 5.26. The van der Waals surface area contributed by atoms with Gasteiger partial charge in [0.25, 0.3) is 5.56 Å². The fraction of sp³-hybridized carbons (Fsp3) is 0.550. The Morgan fingerprint density at radius 1 is 1.33 bits per heavy atom. The van der Waals surface area contributed by atoms with E-state index in [-0.39, 0.29) is 29.7 Å².